The molecule has 2 aromatic rings. The maximum absolute atomic E-state index is 12.6. The second-order valence-electron chi connectivity index (χ2n) is 6.22. The Labute approximate surface area is 154 Å². The van der Waals surface area contributed by atoms with E-state index in [1.54, 1.807) is 7.05 Å². The molecule has 5 heteroatoms. The van der Waals surface area contributed by atoms with Gasteiger partial charge in [0.15, 0.2) is 0 Å². The van der Waals surface area contributed by atoms with Gasteiger partial charge < -0.3 is 14.7 Å². The number of nitrogens with zero attached hydrogens (tertiary/aromatic N) is 1. The number of amides is 1. The van der Waals surface area contributed by atoms with Crippen LogP contribution in [0.1, 0.15) is 24.5 Å². The first-order chi connectivity index (χ1) is 12.5. The first-order valence-electron chi connectivity index (χ1n) is 8.75. The lowest BCUT2D eigenvalue weighted by Gasteiger charge is -2.25. The van der Waals surface area contributed by atoms with Crippen LogP contribution in [0.4, 0.5) is 0 Å². The molecule has 0 aliphatic rings. The zero-order valence-electron chi connectivity index (χ0n) is 15.2. The Morgan fingerprint density at radius 1 is 1.08 bits per heavy atom. The molecule has 0 bridgehead atoms. The zero-order valence-corrected chi connectivity index (χ0v) is 15.2. The van der Waals surface area contributed by atoms with Gasteiger partial charge in [-0.05, 0) is 29.7 Å². The van der Waals surface area contributed by atoms with Crippen LogP contribution in [0.15, 0.2) is 54.6 Å². The molecule has 0 spiro atoms. The van der Waals surface area contributed by atoms with Crippen LogP contribution in [0.2, 0.25) is 0 Å². The largest absolute Gasteiger partial charge is 0.494 e. The summed E-state index contributed by atoms with van der Waals surface area (Å²) in [5, 5.41) is 9.55. The molecule has 0 aliphatic heterocycles. The van der Waals surface area contributed by atoms with Crippen molar-refractivity contribution in [3.63, 3.8) is 0 Å². The number of rotatable bonds is 9. The average Bonchev–Trinajstić information content (AvgIpc) is 2.64. The minimum absolute atomic E-state index is 0.137. The second-order valence-corrected chi connectivity index (χ2v) is 6.22. The maximum atomic E-state index is 12.6. The molecule has 0 fully saturated rings. The van der Waals surface area contributed by atoms with Crippen LogP contribution in [0.5, 0.6) is 5.75 Å². The third-order valence-electron chi connectivity index (χ3n) is 4.14. The molecule has 1 N–H and O–H groups in total. The summed E-state index contributed by atoms with van der Waals surface area (Å²) < 4.78 is 5.58. The fourth-order valence-corrected chi connectivity index (χ4v) is 2.67. The fraction of sp³-hybridized carbons (Fsp3) is 0.333. The molecule has 1 amide bonds. The van der Waals surface area contributed by atoms with Gasteiger partial charge in [0, 0.05) is 13.5 Å². The Morgan fingerprint density at radius 3 is 2.42 bits per heavy atom. The summed E-state index contributed by atoms with van der Waals surface area (Å²) in [5.41, 5.74) is 1.69. The summed E-state index contributed by atoms with van der Waals surface area (Å²) in [6.07, 6.45) is 1.32. The van der Waals surface area contributed by atoms with Gasteiger partial charge in [0.05, 0.1) is 13.0 Å². The normalized spacial score (nSPS) is 11.6. The molecule has 0 aromatic heterocycles. The number of hydrogen-bond acceptors (Lipinski definition) is 3. The Bertz CT molecular complexity index is 730. The molecule has 26 heavy (non-hydrogen) atoms. The second kappa shape index (κ2) is 9.61. The summed E-state index contributed by atoms with van der Waals surface area (Å²) in [7, 11) is 1.54. The van der Waals surface area contributed by atoms with Gasteiger partial charge in [-0.15, -0.1) is 0 Å². The van der Waals surface area contributed by atoms with E-state index in [4.69, 9.17) is 4.74 Å². The summed E-state index contributed by atoms with van der Waals surface area (Å²) in [4.78, 5) is 25.6. The van der Waals surface area contributed by atoms with Crippen molar-refractivity contribution in [2.24, 2.45) is 0 Å². The van der Waals surface area contributed by atoms with Crippen molar-refractivity contribution in [3.8, 4) is 5.75 Å². The van der Waals surface area contributed by atoms with Gasteiger partial charge in [0.1, 0.15) is 11.8 Å². The van der Waals surface area contributed by atoms with Crippen molar-refractivity contribution < 1.29 is 19.4 Å². The molecule has 0 aliphatic carbocycles. The van der Waals surface area contributed by atoms with Crippen molar-refractivity contribution in [1.82, 2.24) is 4.90 Å². The predicted molar refractivity (Wildman–Crippen MR) is 100 cm³/mol. The van der Waals surface area contributed by atoms with Crippen LogP contribution in [-0.2, 0) is 22.4 Å². The Kier molecular flexibility index (Phi) is 7.21. The molecule has 0 radical (unpaired) electrons. The van der Waals surface area contributed by atoms with Gasteiger partial charge in [-0.25, -0.2) is 4.79 Å². The van der Waals surface area contributed by atoms with E-state index >= 15 is 0 Å². The molecule has 2 rings (SSSR count). The van der Waals surface area contributed by atoms with E-state index < -0.39 is 12.0 Å². The number of aliphatic carboxylic acids is 1. The van der Waals surface area contributed by atoms with Crippen molar-refractivity contribution in [1.29, 1.82) is 0 Å². The molecule has 0 heterocycles. The van der Waals surface area contributed by atoms with Crippen LogP contribution in [0.25, 0.3) is 0 Å². The van der Waals surface area contributed by atoms with E-state index in [-0.39, 0.29) is 18.7 Å². The highest BCUT2D eigenvalue weighted by Crippen LogP contribution is 2.16. The van der Waals surface area contributed by atoms with Crippen molar-refractivity contribution in [2.45, 2.75) is 32.2 Å². The van der Waals surface area contributed by atoms with Gasteiger partial charge in [0.2, 0.25) is 5.91 Å². The number of carbonyl (C=O) groups is 2. The average molecular weight is 355 g/mol. The van der Waals surface area contributed by atoms with Gasteiger partial charge in [-0.1, -0.05) is 49.4 Å². The summed E-state index contributed by atoms with van der Waals surface area (Å²) in [6, 6.07) is 15.8. The minimum Gasteiger partial charge on any atom is -0.494 e. The zero-order chi connectivity index (χ0) is 18.9. The fourth-order valence-electron chi connectivity index (χ4n) is 2.67. The number of carbonyl (C=O) groups excluding carboxylic acids is 1. The van der Waals surface area contributed by atoms with Gasteiger partial charge in [-0.3, -0.25) is 4.79 Å². The van der Waals surface area contributed by atoms with Gasteiger partial charge in [0.25, 0.3) is 0 Å². The van der Waals surface area contributed by atoms with E-state index in [2.05, 4.69) is 0 Å². The molecule has 1 atom stereocenters. The minimum atomic E-state index is -1.01. The van der Waals surface area contributed by atoms with Crippen LogP contribution >= 0.6 is 0 Å². The standard InChI is InChI=1S/C21H25NO4/c1-3-12-26-18-11-7-10-17(13-18)15-20(23)22(2)19(21(24)25)14-16-8-5-4-6-9-16/h4-11,13,19H,3,12,14-15H2,1-2H3,(H,24,25). The van der Waals surface area contributed by atoms with E-state index in [1.807, 2.05) is 61.5 Å². The molecule has 2 aromatic carbocycles. The van der Waals surface area contributed by atoms with E-state index in [1.165, 1.54) is 4.90 Å². The third-order valence-corrected chi connectivity index (χ3v) is 4.14. The van der Waals surface area contributed by atoms with Gasteiger partial charge >= 0.3 is 5.97 Å². The van der Waals surface area contributed by atoms with Crippen molar-refractivity contribution in [3.05, 3.63) is 65.7 Å². The Balaban J connectivity index is 2.05. The molecular weight excluding hydrogens is 330 g/mol. The lowest BCUT2D eigenvalue weighted by Crippen LogP contribution is -2.44. The monoisotopic (exact) mass is 355 g/mol. The SMILES string of the molecule is CCCOc1cccc(CC(=O)N(C)C(Cc2ccccc2)C(=O)O)c1. The summed E-state index contributed by atoms with van der Waals surface area (Å²) in [5.74, 6) is -0.524. The highest BCUT2D eigenvalue weighted by atomic mass is 16.5. The third kappa shape index (κ3) is 5.62. The van der Waals surface area contributed by atoms with Crippen molar-refractivity contribution >= 4 is 11.9 Å². The van der Waals surface area contributed by atoms with Crippen LogP contribution in [0.3, 0.4) is 0 Å². The maximum Gasteiger partial charge on any atom is 0.326 e. The topological polar surface area (TPSA) is 66.8 Å². The molecule has 1 unspecified atom stereocenters. The van der Waals surface area contributed by atoms with Crippen molar-refractivity contribution in [2.75, 3.05) is 13.7 Å². The number of carboxylic acid groups (broad SMARTS) is 1. The lowest BCUT2D eigenvalue weighted by molar-refractivity contribution is -0.148. The van der Waals surface area contributed by atoms with Crippen LogP contribution in [-0.4, -0.2) is 41.6 Å². The number of ether oxygens (including phenoxy) is 1. The smallest absolute Gasteiger partial charge is 0.326 e. The highest BCUT2D eigenvalue weighted by molar-refractivity contribution is 5.85. The molecule has 5 nitrogen and oxygen atoms in total. The first kappa shape index (κ1) is 19.5. The number of likely N-dealkylation sites (N-methyl/N-ethyl adjacent to an activating group) is 1. The number of carboxylic acids is 1. The highest BCUT2D eigenvalue weighted by Gasteiger charge is 2.26. The number of benzene rings is 2. The van der Waals surface area contributed by atoms with E-state index in [0.29, 0.717) is 6.61 Å². The predicted octanol–water partition coefficient (Wildman–Crippen LogP) is 3.17. The van der Waals surface area contributed by atoms with E-state index in [9.17, 15) is 14.7 Å². The lowest BCUT2D eigenvalue weighted by atomic mass is 10.0. The molecule has 0 saturated carbocycles. The Hall–Kier alpha value is -2.82. The summed E-state index contributed by atoms with van der Waals surface area (Å²) in [6.45, 7) is 2.65. The molecule has 138 valence electrons. The Morgan fingerprint density at radius 2 is 1.77 bits per heavy atom. The van der Waals surface area contributed by atoms with Crippen LogP contribution in [0, 0.1) is 0 Å². The number of hydrogen-bond donors (Lipinski definition) is 1. The van der Waals surface area contributed by atoms with Gasteiger partial charge in [-0.2, -0.15) is 0 Å². The molecule has 0 saturated heterocycles. The van der Waals surface area contributed by atoms with E-state index in [0.717, 1.165) is 23.3 Å². The molecular formula is C21H25NO4. The van der Waals surface area contributed by atoms with Crippen LogP contribution < -0.4 is 4.74 Å². The first-order valence-corrected chi connectivity index (χ1v) is 8.75. The summed E-state index contributed by atoms with van der Waals surface area (Å²) >= 11 is 0. The quantitative estimate of drug-likeness (QED) is 0.750.